The summed E-state index contributed by atoms with van der Waals surface area (Å²) in [6.45, 7) is 11.4. The Labute approximate surface area is 302 Å². The average molecular weight is 661 g/mol. The second-order valence-electron chi connectivity index (χ2n) is 15.3. The Kier molecular flexibility index (Phi) is 7.30. The summed E-state index contributed by atoms with van der Waals surface area (Å²) in [6.07, 6.45) is 5.61. The van der Waals surface area contributed by atoms with Gasteiger partial charge in [0.25, 0.3) is 0 Å². The smallest absolute Gasteiger partial charge is 0.144 e. The van der Waals surface area contributed by atoms with Gasteiger partial charge in [-0.15, -0.1) is 0 Å². The predicted molar refractivity (Wildman–Crippen MR) is 213 cm³/mol. The Hall–Kier alpha value is -5.47. The van der Waals surface area contributed by atoms with Gasteiger partial charge in [-0.25, -0.2) is 4.98 Å². The molecule has 1 aromatic heterocycles. The fraction of sp³-hybridized carbons (Fsp3) is 0.204. The van der Waals surface area contributed by atoms with E-state index < -0.39 is 0 Å². The summed E-state index contributed by atoms with van der Waals surface area (Å²) in [5.41, 5.74) is 19.0. The molecule has 0 amide bonds. The number of rotatable bonds is 7. The molecule has 0 radical (unpaired) electrons. The summed E-state index contributed by atoms with van der Waals surface area (Å²) in [4.78, 5) is 5.18. The maximum absolute atomic E-state index is 5.18. The molecule has 250 valence electrons. The van der Waals surface area contributed by atoms with E-state index in [1.54, 1.807) is 0 Å². The van der Waals surface area contributed by atoms with Crippen LogP contribution < -0.4 is 0 Å². The van der Waals surface area contributed by atoms with Crippen LogP contribution in [0.5, 0.6) is 0 Å². The van der Waals surface area contributed by atoms with Crippen molar-refractivity contribution in [2.24, 2.45) is 0 Å². The molecule has 9 rings (SSSR count). The van der Waals surface area contributed by atoms with E-state index in [2.05, 4.69) is 179 Å². The third kappa shape index (κ3) is 4.66. The number of imidazole rings is 1. The van der Waals surface area contributed by atoms with Crippen molar-refractivity contribution < 1.29 is 0 Å². The second kappa shape index (κ2) is 11.8. The van der Waals surface area contributed by atoms with Gasteiger partial charge in [-0.2, -0.15) is 0 Å². The first-order chi connectivity index (χ1) is 24.8. The Morgan fingerprint density at radius 2 is 1.18 bits per heavy atom. The third-order valence-corrected chi connectivity index (χ3v) is 11.7. The van der Waals surface area contributed by atoms with Gasteiger partial charge < -0.3 is 0 Å². The summed E-state index contributed by atoms with van der Waals surface area (Å²) in [6, 6.07) is 50.0. The molecule has 1 heterocycles. The molecule has 2 nitrogen and oxygen atoms in total. The Balaban J connectivity index is 1.20. The molecular weight excluding hydrogens is 617 g/mol. The molecule has 0 bridgehead atoms. The van der Waals surface area contributed by atoms with Crippen LogP contribution in [0.3, 0.4) is 0 Å². The largest absolute Gasteiger partial charge is 0.296 e. The number of aryl methyl sites for hydroxylation is 2. The predicted octanol–water partition coefficient (Wildman–Crippen LogP) is 12.6. The number of unbranched alkanes of at least 4 members (excludes halogenated alkanes) is 1. The SMILES string of the molecule is CCCCC(C)(C)c1cnc(-c2cccc(-c3ccc4c(c3)-c3ccccc3C43c4ccccc4-c4ccccc43)c2)n1-c1ccc(C)cc1C. The number of benzene rings is 6. The Morgan fingerprint density at radius 3 is 1.82 bits per heavy atom. The van der Waals surface area contributed by atoms with Gasteiger partial charge in [-0.3, -0.25) is 4.57 Å². The van der Waals surface area contributed by atoms with Crippen molar-refractivity contribution in [3.05, 3.63) is 179 Å². The van der Waals surface area contributed by atoms with E-state index in [1.807, 2.05) is 0 Å². The molecule has 51 heavy (non-hydrogen) atoms. The fourth-order valence-electron chi connectivity index (χ4n) is 9.20. The zero-order valence-electron chi connectivity index (χ0n) is 30.3. The first-order valence-corrected chi connectivity index (χ1v) is 18.5. The van der Waals surface area contributed by atoms with E-state index in [0.717, 1.165) is 17.8 Å². The first kappa shape index (κ1) is 31.5. The van der Waals surface area contributed by atoms with Gasteiger partial charge in [0.15, 0.2) is 0 Å². The summed E-state index contributed by atoms with van der Waals surface area (Å²) >= 11 is 0. The lowest BCUT2D eigenvalue weighted by Gasteiger charge is -2.30. The fourth-order valence-corrected chi connectivity index (χ4v) is 9.20. The van der Waals surface area contributed by atoms with Gasteiger partial charge in [0.2, 0.25) is 0 Å². The third-order valence-electron chi connectivity index (χ3n) is 11.7. The molecule has 2 aliphatic carbocycles. The molecule has 1 spiro atoms. The van der Waals surface area contributed by atoms with Gasteiger partial charge >= 0.3 is 0 Å². The zero-order valence-corrected chi connectivity index (χ0v) is 30.3. The van der Waals surface area contributed by atoms with Crippen LogP contribution in [-0.4, -0.2) is 9.55 Å². The molecule has 0 fully saturated rings. The lowest BCUT2D eigenvalue weighted by Crippen LogP contribution is -2.25. The monoisotopic (exact) mass is 660 g/mol. The topological polar surface area (TPSA) is 17.8 Å². The lowest BCUT2D eigenvalue weighted by atomic mass is 9.70. The van der Waals surface area contributed by atoms with E-state index in [-0.39, 0.29) is 10.8 Å². The van der Waals surface area contributed by atoms with Crippen LogP contribution in [0.2, 0.25) is 0 Å². The maximum Gasteiger partial charge on any atom is 0.144 e. The summed E-state index contributed by atoms with van der Waals surface area (Å²) in [5.74, 6) is 0.994. The van der Waals surface area contributed by atoms with Crippen LogP contribution in [-0.2, 0) is 10.8 Å². The highest BCUT2D eigenvalue weighted by Gasteiger charge is 2.51. The van der Waals surface area contributed by atoms with Crippen molar-refractivity contribution in [2.45, 2.75) is 64.7 Å². The van der Waals surface area contributed by atoms with Crippen LogP contribution in [0, 0.1) is 13.8 Å². The molecule has 0 atom stereocenters. The first-order valence-electron chi connectivity index (χ1n) is 18.5. The van der Waals surface area contributed by atoms with E-state index in [9.17, 15) is 0 Å². The van der Waals surface area contributed by atoms with Crippen LogP contribution in [0.1, 0.15) is 79.1 Å². The normalized spacial score (nSPS) is 13.6. The second-order valence-corrected chi connectivity index (χ2v) is 15.3. The quantitative estimate of drug-likeness (QED) is 0.166. The number of hydrogen-bond donors (Lipinski definition) is 0. The van der Waals surface area contributed by atoms with Crippen molar-refractivity contribution in [1.29, 1.82) is 0 Å². The van der Waals surface area contributed by atoms with Crippen molar-refractivity contribution in [2.75, 3.05) is 0 Å². The molecule has 6 aromatic carbocycles. The highest BCUT2D eigenvalue weighted by Crippen LogP contribution is 2.62. The average Bonchev–Trinajstić information content (AvgIpc) is 3.82. The minimum Gasteiger partial charge on any atom is -0.296 e. The number of fused-ring (bicyclic) bond motifs is 10. The van der Waals surface area contributed by atoms with Gasteiger partial charge in [-0.1, -0.05) is 154 Å². The van der Waals surface area contributed by atoms with Crippen LogP contribution in [0.4, 0.5) is 0 Å². The molecule has 2 aliphatic rings. The highest BCUT2D eigenvalue weighted by molar-refractivity contribution is 5.96. The molecule has 7 aromatic rings. The maximum atomic E-state index is 5.18. The van der Waals surface area contributed by atoms with E-state index >= 15 is 0 Å². The molecule has 0 N–H and O–H groups in total. The minimum atomic E-state index is -0.322. The summed E-state index contributed by atoms with van der Waals surface area (Å²) in [5, 5.41) is 0. The zero-order chi connectivity index (χ0) is 34.9. The molecule has 0 saturated carbocycles. The van der Waals surface area contributed by atoms with Crippen molar-refractivity contribution >= 4 is 0 Å². The van der Waals surface area contributed by atoms with Crippen molar-refractivity contribution in [1.82, 2.24) is 9.55 Å². The van der Waals surface area contributed by atoms with Gasteiger partial charge in [0.05, 0.1) is 11.1 Å². The van der Waals surface area contributed by atoms with Gasteiger partial charge in [0, 0.05) is 22.9 Å². The van der Waals surface area contributed by atoms with Crippen molar-refractivity contribution in [3.63, 3.8) is 0 Å². The molecule has 2 heteroatoms. The van der Waals surface area contributed by atoms with E-state index in [1.165, 1.54) is 91.0 Å². The summed E-state index contributed by atoms with van der Waals surface area (Å²) in [7, 11) is 0. The highest BCUT2D eigenvalue weighted by atomic mass is 15.1. The molecular formula is C49H44N2. The molecule has 0 unspecified atom stereocenters. The van der Waals surface area contributed by atoms with Crippen LogP contribution in [0.25, 0.3) is 50.5 Å². The van der Waals surface area contributed by atoms with E-state index in [0.29, 0.717) is 0 Å². The molecule has 0 saturated heterocycles. The van der Waals surface area contributed by atoms with Crippen LogP contribution >= 0.6 is 0 Å². The number of hydrogen-bond acceptors (Lipinski definition) is 1. The minimum absolute atomic E-state index is 0.0169. The Morgan fingerprint density at radius 1 is 0.588 bits per heavy atom. The number of nitrogens with zero attached hydrogens (tertiary/aromatic N) is 2. The van der Waals surface area contributed by atoms with Crippen LogP contribution in [0.15, 0.2) is 140 Å². The Bertz CT molecular complexity index is 2430. The van der Waals surface area contributed by atoms with E-state index in [4.69, 9.17) is 4.98 Å². The lowest BCUT2D eigenvalue weighted by molar-refractivity contribution is 0.439. The van der Waals surface area contributed by atoms with Gasteiger partial charge in [-0.05, 0) is 99.7 Å². The van der Waals surface area contributed by atoms with Gasteiger partial charge in [0.1, 0.15) is 5.82 Å². The summed E-state index contributed by atoms with van der Waals surface area (Å²) < 4.78 is 2.43. The standard InChI is InChI=1S/C49H44N2/c1-6-7-27-48(4,5)46-31-50-47(51(46)45-26-23-32(2)28-33(45)3)36-16-14-15-34(29-36)35-24-25-44-40(30-35)39-19-10-13-22-43(39)49(44)41-20-11-8-17-37(41)38-18-9-12-21-42(38)49/h8-26,28-31H,6-7,27H2,1-5H3. The van der Waals surface area contributed by atoms with Crippen molar-refractivity contribution in [3.8, 4) is 50.5 Å². The molecule has 0 aliphatic heterocycles. The number of aromatic nitrogens is 2.